The molecule has 3 fully saturated rings. The number of halogens is 2. The van der Waals surface area contributed by atoms with Crippen molar-refractivity contribution in [1.82, 2.24) is 0 Å². The normalized spacial score (nSPS) is 24.1. The van der Waals surface area contributed by atoms with Crippen LogP contribution < -0.4 is 5.32 Å². The lowest BCUT2D eigenvalue weighted by Gasteiger charge is -2.51. The summed E-state index contributed by atoms with van der Waals surface area (Å²) in [6.07, 6.45) is 1.52. The minimum Gasteiger partial charge on any atom is -0.454 e. The molecule has 35 heavy (non-hydrogen) atoms. The summed E-state index contributed by atoms with van der Waals surface area (Å²) in [6, 6.07) is 14.2. The van der Waals surface area contributed by atoms with Crippen LogP contribution >= 0.6 is 11.3 Å². The van der Waals surface area contributed by atoms with Gasteiger partial charge in [-0.3, -0.25) is 4.79 Å². The second-order valence-electron chi connectivity index (χ2n) is 9.48. The Hall–Kier alpha value is -3.10. The van der Waals surface area contributed by atoms with Crippen LogP contribution in [0, 0.1) is 17.6 Å². The monoisotopic (exact) mass is 497 g/mol. The number of nitrogens with one attached hydrogen (secondary N) is 1. The molecule has 1 aromatic heterocycles. The number of carbonyl (C=O) groups excluding carboxylic acids is 2. The highest BCUT2D eigenvalue weighted by atomic mass is 32.1. The fraction of sp³-hybridized carbons (Fsp3) is 0.333. The second-order valence-corrected chi connectivity index (χ2v) is 10.4. The third-order valence-electron chi connectivity index (χ3n) is 7.18. The van der Waals surface area contributed by atoms with Gasteiger partial charge in [0.2, 0.25) is 5.78 Å². The first-order chi connectivity index (χ1) is 16.9. The maximum Gasteiger partial charge on any atom is 0.333 e. The van der Waals surface area contributed by atoms with E-state index in [4.69, 9.17) is 4.74 Å². The van der Waals surface area contributed by atoms with Crippen molar-refractivity contribution in [2.45, 2.75) is 25.0 Å². The molecular formula is C27H27F2N2O3S+. The molecule has 3 aliphatic rings. The average molecular weight is 498 g/mol. The molecule has 3 aromatic rings. The summed E-state index contributed by atoms with van der Waals surface area (Å²) < 4.78 is 33.6. The van der Waals surface area contributed by atoms with Gasteiger partial charge in [0, 0.05) is 24.4 Å². The number of fused-ring (bicyclic) bond motifs is 3. The summed E-state index contributed by atoms with van der Waals surface area (Å²) >= 11 is 1.45. The molecule has 0 saturated carbocycles. The van der Waals surface area contributed by atoms with Crippen LogP contribution in [0.3, 0.4) is 0 Å². The number of carbonyl (C=O) groups is 2. The Morgan fingerprint density at radius 2 is 1.66 bits per heavy atom. The topological polar surface area (TPSA) is 55.4 Å². The number of thiophene rings is 1. The number of rotatable bonds is 8. The zero-order valence-electron chi connectivity index (χ0n) is 19.2. The third kappa shape index (κ3) is 5.28. The number of esters is 1. The Morgan fingerprint density at radius 1 is 1.00 bits per heavy atom. The van der Waals surface area contributed by atoms with Crippen molar-refractivity contribution in [3.05, 3.63) is 88.1 Å². The van der Waals surface area contributed by atoms with Crippen molar-refractivity contribution in [1.29, 1.82) is 0 Å². The smallest absolute Gasteiger partial charge is 0.333 e. The molecule has 5 nitrogen and oxygen atoms in total. The average Bonchev–Trinajstić information content (AvgIpc) is 3.40. The molecule has 0 amide bonds. The zero-order chi connectivity index (χ0) is 24.4. The predicted molar refractivity (Wildman–Crippen MR) is 130 cm³/mol. The summed E-state index contributed by atoms with van der Waals surface area (Å²) in [5, 5.41) is 5.02. The van der Waals surface area contributed by atoms with Gasteiger partial charge in [0.1, 0.15) is 24.7 Å². The highest BCUT2D eigenvalue weighted by molar-refractivity contribution is 7.12. The van der Waals surface area contributed by atoms with E-state index in [0.717, 1.165) is 30.8 Å². The summed E-state index contributed by atoms with van der Waals surface area (Å²) in [5.41, 5.74) is 1.11. The standard InChI is InChI=1S/C27H27F2N2O3S/c28-20-5-3-19(4-6-20)26(30-22-9-7-21(29)8-10-22)27(33)34-24-17-31(13-11-18(24)12-14-31)16-23(32)25-2-1-15-35-25/h1-10,15,18,24,26,30H,11-14,16-17H2/q+1/t18?,24-,26?,31?/m0/s1. The van der Waals surface area contributed by atoms with Crippen LogP contribution in [-0.4, -0.2) is 48.5 Å². The molecule has 6 rings (SSSR count). The molecule has 3 aliphatic heterocycles. The first-order valence-corrected chi connectivity index (χ1v) is 12.7. The quantitative estimate of drug-likeness (QED) is 0.264. The van der Waals surface area contributed by atoms with E-state index in [1.165, 1.54) is 35.6 Å². The van der Waals surface area contributed by atoms with Crippen LogP contribution in [0.25, 0.3) is 0 Å². The molecule has 4 heterocycles. The molecule has 182 valence electrons. The molecule has 3 saturated heterocycles. The number of ketones is 1. The van der Waals surface area contributed by atoms with Gasteiger partial charge in [-0.05, 0) is 53.4 Å². The van der Waals surface area contributed by atoms with E-state index in [1.807, 2.05) is 17.5 Å². The maximum atomic E-state index is 13.5. The SMILES string of the molecule is O=C(C[N+]12CCC(CC1)[C@@H](OC(=O)C(Nc1ccc(F)cc1)c1ccc(F)cc1)C2)c1cccs1. The largest absolute Gasteiger partial charge is 0.454 e. The first-order valence-electron chi connectivity index (χ1n) is 11.8. The molecule has 2 aromatic carbocycles. The molecule has 2 atom stereocenters. The van der Waals surface area contributed by atoms with Gasteiger partial charge in [-0.2, -0.15) is 0 Å². The van der Waals surface area contributed by atoms with Gasteiger partial charge < -0.3 is 14.5 Å². The number of Topliss-reactive ketones (excluding diaryl/α,β-unsaturated/α-hetero) is 1. The van der Waals surface area contributed by atoms with E-state index in [0.29, 0.717) is 28.8 Å². The lowest BCUT2D eigenvalue weighted by molar-refractivity contribution is -0.938. The molecule has 1 unspecified atom stereocenters. The fourth-order valence-corrected chi connectivity index (χ4v) is 5.92. The number of hydrogen-bond acceptors (Lipinski definition) is 5. The first kappa shape index (κ1) is 23.6. The number of quaternary nitrogens is 1. The Labute approximate surface area is 206 Å². The van der Waals surface area contributed by atoms with Gasteiger partial charge in [0.25, 0.3) is 0 Å². The maximum absolute atomic E-state index is 13.5. The summed E-state index contributed by atoms with van der Waals surface area (Å²) in [6.45, 7) is 2.84. The molecular weight excluding hydrogens is 470 g/mol. The van der Waals surface area contributed by atoms with Crippen molar-refractivity contribution in [3.63, 3.8) is 0 Å². The summed E-state index contributed by atoms with van der Waals surface area (Å²) in [4.78, 5) is 27.0. The highest BCUT2D eigenvalue weighted by Gasteiger charge is 2.49. The predicted octanol–water partition coefficient (Wildman–Crippen LogP) is 5.21. The molecule has 0 radical (unpaired) electrons. The van der Waals surface area contributed by atoms with Crippen LogP contribution in [0.2, 0.25) is 0 Å². The van der Waals surface area contributed by atoms with Crippen molar-refractivity contribution < 1.29 is 27.6 Å². The number of hydrogen-bond donors (Lipinski definition) is 1. The summed E-state index contributed by atoms with van der Waals surface area (Å²) in [5.74, 6) is -0.859. The van der Waals surface area contributed by atoms with Crippen LogP contribution in [0.4, 0.5) is 14.5 Å². The highest BCUT2D eigenvalue weighted by Crippen LogP contribution is 2.37. The van der Waals surface area contributed by atoms with E-state index < -0.39 is 17.8 Å². The van der Waals surface area contributed by atoms with Gasteiger partial charge in [-0.15, -0.1) is 11.3 Å². The zero-order valence-corrected chi connectivity index (χ0v) is 20.0. The van der Waals surface area contributed by atoms with Crippen molar-refractivity contribution in [2.75, 3.05) is 31.5 Å². The Bertz CT molecular complexity index is 1170. The Kier molecular flexibility index (Phi) is 6.67. The Balaban J connectivity index is 1.32. The van der Waals surface area contributed by atoms with E-state index in [2.05, 4.69) is 5.32 Å². The Morgan fingerprint density at radius 3 is 2.29 bits per heavy atom. The van der Waals surface area contributed by atoms with E-state index in [9.17, 15) is 18.4 Å². The van der Waals surface area contributed by atoms with Crippen molar-refractivity contribution in [2.24, 2.45) is 5.92 Å². The van der Waals surface area contributed by atoms with Crippen LogP contribution in [-0.2, 0) is 9.53 Å². The second kappa shape index (κ2) is 9.87. The molecule has 0 spiro atoms. The molecule has 1 N–H and O–H groups in total. The molecule has 8 heteroatoms. The van der Waals surface area contributed by atoms with Gasteiger partial charge in [0.15, 0.2) is 12.1 Å². The van der Waals surface area contributed by atoms with Crippen LogP contribution in [0.15, 0.2) is 66.0 Å². The molecule has 2 bridgehead atoms. The van der Waals surface area contributed by atoms with E-state index in [1.54, 1.807) is 24.3 Å². The van der Waals surface area contributed by atoms with Gasteiger partial charge in [0.05, 0.1) is 18.0 Å². The minimum absolute atomic E-state index is 0.132. The fourth-order valence-electron chi connectivity index (χ4n) is 5.26. The minimum atomic E-state index is -0.877. The lowest BCUT2D eigenvalue weighted by atomic mass is 9.83. The van der Waals surface area contributed by atoms with E-state index in [-0.39, 0.29) is 23.6 Å². The number of piperidine rings is 3. The van der Waals surface area contributed by atoms with Crippen LogP contribution in [0.1, 0.15) is 34.1 Å². The number of benzene rings is 2. The van der Waals surface area contributed by atoms with Gasteiger partial charge in [-0.1, -0.05) is 18.2 Å². The van der Waals surface area contributed by atoms with Gasteiger partial charge in [-0.25, -0.2) is 13.6 Å². The number of ether oxygens (including phenoxy) is 1. The molecule has 0 aliphatic carbocycles. The van der Waals surface area contributed by atoms with Crippen molar-refractivity contribution >= 4 is 28.8 Å². The van der Waals surface area contributed by atoms with Gasteiger partial charge >= 0.3 is 5.97 Å². The summed E-state index contributed by atoms with van der Waals surface area (Å²) in [7, 11) is 0. The third-order valence-corrected chi connectivity index (χ3v) is 8.09. The number of nitrogens with zero attached hydrogens (tertiary/aromatic N) is 1. The van der Waals surface area contributed by atoms with E-state index >= 15 is 0 Å². The van der Waals surface area contributed by atoms with Crippen LogP contribution in [0.5, 0.6) is 0 Å². The number of anilines is 1. The van der Waals surface area contributed by atoms with Crippen molar-refractivity contribution in [3.8, 4) is 0 Å². The lowest BCUT2D eigenvalue weighted by Crippen LogP contribution is -2.65.